The molecule has 0 unspecified atom stereocenters. The second kappa shape index (κ2) is 7.83. The second-order valence-electron chi connectivity index (χ2n) is 7.20. The Hall–Kier alpha value is -2.93. The maximum atomic E-state index is 12.2. The number of amides is 1. The Bertz CT molecular complexity index is 956. The summed E-state index contributed by atoms with van der Waals surface area (Å²) in [7, 11) is 0. The van der Waals surface area contributed by atoms with Crippen LogP contribution in [-0.4, -0.2) is 24.3 Å². The minimum absolute atomic E-state index is 0.223. The van der Waals surface area contributed by atoms with Crippen molar-refractivity contribution in [3.8, 4) is 11.5 Å². The van der Waals surface area contributed by atoms with Gasteiger partial charge in [-0.15, -0.1) is 0 Å². The van der Waals surface area contributed by atoms with E-state index in [1.807, 2.05) is 0 Å². The number of ether oxygens (including phenoxy) is 3. The summed E-state index contributed by atoms with van der Waals surface area (Å²) < 4.78 is 17.1. The highest BCUT2D eigenvalue weighted by Crippen LogP contribution is 2.46. The van der Waals surface area contributed by atoms with Gasteiger partial charge in [0.25, 0.3) is 11.7 Å². The third-order valence-electron chi connectivity index (χ3n) is 5.00. The molecule has 2 aromatic carbocycles. The maximum Gasteiger partial charge on any atom is 0.338 e. The first-order valence-corrected chi connectivity index (χ1v) is 9.86. The van der Waals surface area contributed by atoms with Crippen molar-refractivity contribution in [3.05, 3.63) is 47.0 Å². The third-order valence-corrected chi connectivity index (χ3v) is 5.35. The van der Waals surface area contributed by atoms with Gasteiger partial charge in [-0.05, 0) is 43.2 Å². The smallest absolute Gasteiger partial charge is 0.338 e. The molecule has 1 heterocycles. The zero-order valence-corrected chi connectivity index (χ0v) is 16.5. The number of esters is 1. The van der Waals surface area contributed by atoms with Crippen LogP contribution in [0.3, 0.4) is 0 Å². The van der Waals surface area contributed by atoms with E-state index in [0.717, 1.165) is 25.7 Å². The Morgan fingerprint density at radius 3 is 2.59 bits per heavy atom. The van der Waals surface area contributed by atoms with Crippen LogP contribution in [0.25, 0.3) is 0 Å². The van der Waals surface area contributed by atoms with E-state index < -0.39 is 24.3 Å². The van der Waals surface area contributed by atoms with E-state index in [4.69, 9.17) is 31.5 Å². The molecule has 0 aromatic heterocycles. The fourth-order valence-electron chi connectivity index (χ4n) is 3.55. The van der Waals surface area contributed by atoms with Crippen LogP contribution in [0.2, 0.25) is 5.02 Å². The number of carbonyl (C=O) groups is 2. The first kappa shape index (κ1) is 19.4. The molecule has 0 radical (unpaired) electrons. The van der Waals surface area contributed by atoms with Crippen molar-refractivity contribution < 1.29 is 23.8 Å². The van der Waals surface area contributed by atoms with Crippen LogP contribution < -0.4 is 20.5 Å². The Balaban J connectivity index is 1.33. The predicted molar refractivity (Wildman–Crippen MR) is 108 cm³/mol. The fraction of sp³-hybridized carbons (Fsp3) is 0.333. The van der Waals surface area contributed by atoms with Crippen LogP contribution in [0.5, 0.6) is 11.5 Å². The molecule has 3 N–H and O–H groups in total. The largest absolute Gasteiger partial charge is 0.452 e. The van der Waals surface area contributed by atoms with Crippen molar-refractivity contribution in [3.63, 3.8) is 0 Å². The lowest BCUT2D eigenvalue weighted by Gasteiger charge is -2.31. The van der Waals surface area contributed by atoms with Crippen LogP contribution in [0, 0.1) is 0 Å². The van der Waals surface area contributed by atoms with E-state index in [2.05, 4.69) is 5.32 Å². The van der Waals surface area contributed by atoms with Gasteiger partial charge >= 0.3 is 5.97 Å². The van der Waals surface area contributed by atoms with Crippen LogP contribution in [0.1, 0.15) is 42.5 Å². The summed E-state index contributed by atoms with van der Waals surface area (Å²) in [5, 5.41) is 3.04. The predicted octanol–water partition coefficient (Wildman–Crippen LogP) is 4.15. The lowest BCUT2D eigenvalue weighted by atomic mass is 9.94. The number of fused-ring (bicyclic) bond motifs is 1. The highest BCUT2D eigenvalue weighted by Gasteiger charge is 2.42. The Morgan fingerprint density at radius 2 is 1.83 bits per heavy atom. The number of carbonyl (C=O) groups excluding carboxylic acids is 2. The average molecular weight is 417 g/mol. The molecule has 7 nitrogen and oxygen atoms in total. The Labute approximate surface area is 173 Å². The van der Waals surface area contributed by atoms with Gasteiger partial charge < -0.3 is 25.3 Å². The zero-order chi connectivity index (χ0) is 20.4. The SMILES string of the molecule is Nc1cc(C(=O)OCC(=O)Nc2ccc3c(c2)OC2(CCCCC2)O3)ccc1Cl. The molecule has 1 amide bonds. The molecule has 4 rings (SSSR count). The van der Waals surface area contributed by atoms with Gasteiger partial charge in [-0.3, -0.25) is 4.79 Å². The van der Waals surface area contributed by atoms with E-state index >= 15 is 0 Å². The topological polar surface area (TPSA) is 99.9 Å². The Kier molecular flexibility index (Phi) is 5.24. The molecule has 2 aliphatic rings. The molecule has 1 fully saturated rings. The van der Waals surface area contributed by atoms with E-state index in [1.165, 1.54) is 24.6 Å². The highest BCUT2D eigenvalue weighted by atomic mass is 35.5. The summed E-state index contributed by atoms with van der Waals surface area (Å²) in [6, 6.07) is 9.61. The number of hydrogen-bond acceptors (Lipinski definition) is 6. The Morgan fingerprint density at radius 1 is 1.07 bits per heavy atom. The molecule has 1 spiro atoms. The van der Waals surface area contributed by atoms with Crippen LogP contribution in [0.15, 0.2) is 36.4 Å². The summed E-state index contributed by atoms with van der Waals surface area (Å²) in [6.07, 6.45) is 5.04. The van der Waals surface area contributed by atoms with Crippen molar-refractivity contribution >= 4 is 34.9 Å². The van der Waals surface area contributed by atoms with Crippen molar-refractivity contribution in [1.82, 2.24) is 0 Å². The minimum Gasteiger partial charge on any atom is -0.452 e. The van der Waals surface area contributed by atoms with Gasteiger partial charge in [-0.2, -0.15) is 0 Å². The highest BCUT2D eigenvalue weighted by molar-refractivity contribution is 6.33. The lowest BCUT2D eigenvalue weighted by Crippen LogP contribution is -2.40. The summed E-state index contributed by atoms with van der Waals surface area (Å²) in [5.74, 6) is -0.408. The van der Waals surface area contributed by atoms with Gasteiger partial charge in [0.1, 0.15) is 0 Å². The monoisotopic (exact) mass is 416 g/mol. The van der Waals surface area contributed by atoms with Crippen molar-refractivity contribution in [1.29, 1.82) is 0 Å². The molecule has 0 bridgehead atoms. The number of nitrogens with two attached hydrogens (primary N) is 1. The second-order valence-corrected chi connectivity index (χ2v) is 7.60. The molecule has 2 aromatic rings. The summed E-state index contributed by atoms with van der Waals surface area (Å²) in [6.45, 7) is -0.431. The maximum absolute atomic E-state index is 12.2. The van der Waals surface area contributed by atoms with Crippen molar-refractivity contribution in [2.75, 3.05) is 17.7 Å². The van der Waals surface area contributed by atoms with Gasteiger partial charge in [0.05, 0.1) is 16.3 Å². The number of nitrogen functional groups attached to an aromatic ring is 1. The standard InChI is InChI=1S/C21H21ClN2O5/c22-15-6-4-13(10-16(15)23)20(26)27-12-19(25)24-14-5-7-17-18(11-14)29-21(28-17)8-2-1-3-9-21/h4-7,10-11H,1-3,8-9,12,23H2,(H,24,25). The van der Waals surface area contributed by atoms with E-state index in [1.54, 1.807) is 18.2 Å². The van der Waals surface area contributed by atoms with E-state index in [0.29, 0.717) is 22.2 Å². The quantitative estimate of drug-likeness (QED) is 0.573. The normalized spacial score (nSPS) is 16.4. The van der Waals surface area contributed by atoms with Gasteiger partial charge in [-0.25, -0.2) is 4.79 Å². The van der Waals surface area contributed by atoms with E-state index in [9.17, 15) is 9.59 Å². The fourth-order valence-corrected chi connectivity index (χ4v) is 3.67. The number of anilines is 2. The zero-order valence-electron chi connectivity index (χ0n) is 15.7. The molecule has 0 atom stereocenters. The molecule has 1 aliphatic carbocycles. The molecular weight excluding hydrogens is 396 g/mol. The van der Waals surface area contributed by atoms with Crippen molar-refractivity contribution in [2.45, 2.75) is 37.9 Å². The number of benzene rings is 2. The molecule has 0 saturated heterocycles. The molecule has 1 aliphatic heterocycles. The first-order chi connectivity index (χ1) is 13.9. The number of halogens is 1. The number of hydrogen-bond donors (Lipinski definition) is 2. The molecule has 152 valence electrons. The van der Waals surface area contributed by atoms with Crippen LogP contribution >= 0.6 is 11.6 Å². The average Bonchev–Trinajstić information content (AvgIpc) is 3.05. The molecular formula is C21H21ClN2O5. The molecule has 29 heavy (non-hydrogen) atoms. The molecule has 8 heteroatoms. The van der Waals surface area contributed by atoms with Gasteiger partial charge in [0, 0.05) is 24.6 Å². The summed E-state index contributed by atoms with van der Waals surface area (Å²) >= 11 is 5.83. The third kappa shape index (κ3) is 4.24. The van der Waals surface area contributed by atoms with E-state index in [-0.39, 0.29) is 11.3 Å². The summed E-state index contributed by atoms with van der Waals surface area (Å²) in [4.78, 5) is 24.2. The van der Waals surface area contributed by atoms with Crippen molar-refractivity contribution in [2.24, 2.45) is 0 Å². The summed E-state index contributed by atoms with van der Waals surface area (Å²) in [5.41, 5.74) is 6.70. The first-order valence-electron chi connectivity index (χ1n) is 9.48. The lowest BCUT2D eigenvalue weighted by molar-refractivity contribution is -0.119. The van der Waals surface area contributed by atoms with Gasteiger partial charge in [0.2, 0.25) is 0 Å². The number of rotatable bonds is 4. The molecule has 1 saturated carbocycles. The minimum atomic E-state index is -0.659. The number of nitrogens with one attached hydrogen (secondary N) is 1. The van der Waals surface area contributed by atoms with Gasteiger partial charge in [-0.1, -0.05) is 18.0 Å². The van der Waals surface area contributed by atoms with Crippen LogP contribution in [0.4, 0.5) is 11.4 Å². The van der Waals surface area contributed by atoms with Gasteiger partial charge in [0.15, 0.2) is 18.1 Å². The van der Waals surface area contributed by atoms with Crippen LogP contribution in [-0.2, 0) is 9.53 Å².